The summed E-state index contributed by atoms with van der Waals surface area (Å²) < 4.78 is 31.0. The zero-order chi connectivity index (χ0) is 11.4. The highest BCUT2D eigenvalue weighted by Gasteiger charge is 2.03. The van der Waals surface area contributed by atoms with E-state index in [-0.39, 0.29) is 18.3 Å². The lowest BCUT2D eigenvalue weighted by Gasteiger charge is -2.05. The van der Waals surface area contributed by atoms with Gasteiger partial charge in [0.05, 0.1) is 6.07 Å². The largest absolute Gasteiger partial charge is 0.473 e. The fourth-order valence-corrected chi connectivity index (χ4v) is 1.16. The Kier molecular flexibility index (Phi) is 3.05. The highest BCUT2D eigenvalue weighted by Crippen LogP contribution is 2.11. The lowest BCUT2D eigenvalue weighted by molar-refractivity contribution is 0.285. The summed E-state index contributed by atoms with van der Waals surface area (Å²) in [6, 6.07) is 7.25. The van der Waals surface area contributed by atoms with Crippen LogP contribution in [0.5, 0.6) is 5.88 Å². The Bertz CT molecular complexity index is 491. The third-order valence-corrected chi connectivity index (χ3v) is 1.94. The second-order valence-electron chi connectivity index (χ2n) is 3.06. The normalized spacial score (nSPS) is 10.1. The van der Waals surface area contributed by atoms with Crippen molar-refractivity contribution >= 4 is 0 Å². The van der Waals surface area contributed by atoms with Crippen molar-refractivity contribution in [3.63, 3.8) is 0 Å². The summed E-state index contributed by atoms with van der Waals surface area (Å²) in [5, 5.41) is 0. The van der Waals surface area contributed by atoms with Crippen LogP contribution in [0.15, 0.2) is 36.7 Å². The Hall–Kier alpha value is -2.04. The number of hydrogen-bond donors (Lipinski definition) is 0. The van der Waals surface area contributed by atoms with Gasteiger partial charge in [0.15, 0.2) is 0 Å². The van der Waals surface area contributed by atoms with Gasteiger partial charge in [0.1, 0.15) is 18.8 Å². The Morgan fingerprint density at radius 1 is 1.12 bits per heavy atom. The minimum absolute atomic E-state index is 0.00310. The number of aromatic nitrogens is 2. The predicted molar refractivity (Wildman–Crippen MR) is 52.7 cm³/mol. The maximum atomic E-state index is 13.2. The second kappa shape index (κ2) is 4.65. The van der Waals surface area contributed by atoms with Crippen molar-refractivity contribution in [3.8, 4) is 5.88 Å². The van der Waals surface area contributed by atoms with Gasteiger partial charge < -0.3 is 4.74 Å². The van der Waals surface area contributed by atoms with Crippen LogP contribution in [0.25, 0.3) is 0 Å². The number of rotatable bonds is 3. The molecule has 2 rings (SSSR count). The number of benzene rings is 1. The van der Waals surface area contributed by atoms with Gasteiger partial charge in [-0.2, -0.15) is 4.39 Å². The molecule has 0 saturated heterocycles. The molecule has 3 nitrogen and oxygen atoms in total. The molecule has 0 saturated carbocycles. The quantitative estimate of drug-likeness (QED) is 0.747. The molecule has 0 fully saturated rings. The summed E-state index contributed by atoms with van der Waals surface area (Å²) in [5.74, 6) is -0.966. The van der Waals surface area contributed by atoms with Crippen LogP contribution in [0.3, 0.4) is 0 Å². The van der Waals surface area contributed by atoms with Gasteiger partial charge in [-0.05, 0) is 6.07 Å². The third kappa shape index (κ3) is 2.50. The van der Waals surface area contributed by atoms with E-state index in [0.717, 1.165) is 12.4 Å². The molecule has 0 radical (unpaired) electrons. The summed E-state index contributed by atoms with van der Waals surface area (Å²) in [7, 11) is 0. The van der Waals surface area contributed by atoms with Crippen molar-refractivity contribution < 1.29 is 13.5 Å². The molecule has 16 heavy (non-hydrogen) atoms. The number of nitrogens with zero attached hydrogens (tertiary/aromatic N) is 2. The predicted octanol–water partition coefficient (Wildman–Crippen LogP) is 2.33. The average molecular weight is 222 g/mol. The van der Waals surface area contributed by atoms with Crippen molar-refractivity contribution in [2.45, 2.75) is 6.61 Å². The first-order valence-electron chi connectivity index (χ1n) is 4.59. The first kappa shape index (κ1) is 10.5. The molecule has 1 heterocycles. The van der Waals surface area contributed by atoms with Gasteiger partial charge in [0, 0.05) is 5.56 Å². The van der Waals surface area contributed by atoms with Gasteiger partial charge in [-0.25, -0.2) is 14.4 Å². The number of halogens is 2. The molecule has 2 aromatic rings. The van der Waals surface area contributed by atoms with Crippen molar-refractivity contribution in [3.05, 3.63) is 54.0 Å². The van der Waals surface area contributed by atoms with Crippen LogP contribution in [0.2, 0.25) is 0 Å². The first-order valence-corrected chi connectivity index (χ1v) is 4.59. The topological polar surface area (TPSA) is 35.0 Å². The molecular weight excluding hydrogens is 214 g/mol. The summed E-state index contributed by atoms with van der Waals surface area (Å²) in [6.45, 7) is 0.00310. The van der Waals surface area contributed by atoms with Crippen molar-refractivity contribution in [2.24, 2.45) is 0 Å². The van der Waals surface area contributed by atoms with E-state index in [9.17, 15) is 8.78 Å². The Morgan fingerprint density at radius 3 is 2.69 bits per heavy atom. The third-order valence-electron chi connectivity index (χ3n) is 1.94. The van der Waals surface area contributed by atoms with Gasteiger partial charge in [-0.15, -0.1) is 0 Å². The maximum Gasteiger partial charge on any atom is 0.219 e. The number of ether oxygens (including phenoxy) is 1. The van der Waals surface area contributed by atoms with E-state index in [2.05, 4.69) is 9.97 Å². The first-order chi connectivity index (χ1) is 7.75. The molecule has 0 aliphatic rings. The van der Waals surface area contributed by atoms with E-state index in [1.54, 1.807) is 18.2 Å². The molecule has 0 amide bonds. The molecule has 0 atom stereocenters. The van der Waals surface area contributed by atoms with Gasteiger partial charge in [-0.3, -0.25) is 0 Å². The van der Waals surface area contributed by atoms with Crippen LogP contribution in [0, 0.1) is 11.8 Å². The van der Waals surface area contributed by atoms with Gasteiger partial charge in [0.2, 0.25) is 11.8 Å². The maximum absolute atomic E-state index is 13.2. The summed E-state index contributed by atoms with van der Waals surface area (Å²) in [5.41, 5.74) is 0.390. The van der Waals surface area contributed by atoms with Crippen LogP contribution >= 0.6 is 0 Å². The van der Waals surface area contributed by atoms with Gasteiger partial charge in [-0.1, -0.05) is 18.2 Å². The highest BCUT2D eigenvalue weighted by molar-refractivity contribution is 5.17. The molecule has 0 unspecified atom stereocenters. The molecule has 0 bridgehead atoms. The smallest absolute Gasteiger partial charge is 0.219 e. The van der Waals surface area contributed by atoms with Crippen LogP contribution in [-0.2, 0) is 6.61 Å². The highest BCUT2D eigenvalue weighted by atomic mass is 19.1. The van der Waals surface area contributed by atoms with E-state index in [1.165, 1.54) is 6.07 Å². The van der Waals surface area contributed by atoms with Crippen molar-refractivity contribution in [1.82, 2.24) is 9.97 Å². The zero-order valence-electron chi connectivity index (χ0n) is 8.23. The Labute approximate surface area is 90.7 Å². The van der Waals surface area contributed by atoms with E-state index < -0.39 is 5.95 Å². The minimum atomic E-state index is -0.682. The second-order valence-corrected chi connectivity index (χ2v) is 3.06. The molecule has 0 aliphatic carbocycles. The number of hydrogen-bond acceptors (Lipinski definition) is 3. The Morgan fingerprint density at radius 2 is 1.94 bits per heavy atom. The van der Waals surface area contributed by atoms with Crippen LogP contribution in [0.1, 0.15) is 5.56 Å². The monoisotopic (exact) mass is 222 g/mol. The summed E-state index contributed by atoms with van der Waals surface area (Å²) >= 11 is 0. The van der Waals surface area contributed by atoms with E-state index in [1.807, 2.05) is 0 Å². The van der Waals surface area contributed by atoms with E-state index in [4.69, 9.17) is 4.74 Å². The van der Waals surface area contributed by atoms with Crippen LogP contribution in [-0.4, -0.2) is 9.97 Å². The summed E-state index contributed by atoms with van der Waals surface area (Å²) in [6.07, 6.45) is 1.05. The van der Waals surface area contributed by atoms with Crippen LogP contribution < -0.4 is 4.74 Å². The van der Waals surface area contributed by atoms with Gasteiger partial charge >= 0.3 is 0 Å². The standard InChI is InChI=1S/C11H8F2N2O/c12-9-4-2-1-3-8(9)6-16-11-5-10(13)14-7-15-11/h1-5,7H,6H2. The lowest BCUT2D eigenvalue weighted by Crippen LogP contribution is -2.00. The molecule has 1 aromatic heterocycles. The molecule has 0 aliphatic heterocycles. The summed E-state index contributed by atoms with van der Waals surface area (Å²) in [4.78, 5) is 6.97. The zero-order valence-corrected chi connectivity index (χ0v) is 8.23. The van der Waals surface area contributed by atoms with Crippen molar-refractivity contribution in [2.75, 3.05) is 0 Å². The fraction of sp³-hybridized carbons (Fsp3) is 0.0909. The molecule has 82 valence electrons. The SMILES string of the molecule is Fc1cc(OCc2ccccc2F)ncn1. The molecular formula is C11H8F2N2O. The molecule has 0 N–H and O–H groups in total. The van der Waals surface area contributed by atoms with E-state index in [0.29, 0.717) is 5.56 Å². The fourth-order valence-electron chi connectivity index (χ4n) is 1.16. The van der Waals surface area contributed by atoms with E-state index >= 15 is 0 Å². The Balaban J connectivity index is 2.05. The minimum Gasteiger partial charge on any atom is -0.473 e. The van der Waals surface area contributed by atoms with Gasteiger partial charge in [0.25, 0.3) is 0 Å². The lowest BCUT2D eigenvalue weighted by atomic mass is 10.2. The molecule has 0 spiro atoms. The van der Waals surface area contributed by atoms with Crippen molar-refractivity contribution in [1.29, 1.82) is 0 Å². The average Bonchev–Trinajstić information content (AvgIpc) is 2.28. The molecule has 5 heteroatoms. The van der Waals surface area contributed by atoms with Crippen LogP contribution in [0.4, 0.5) is 8.78 Å². The molecule has 1 aromatic carbocycles.